The number of hydrogen-bond donors (Lipinski definition) is 0. The minimum absolute atomic E-state index is 0.156. The van der Waals surface area contributed by atoms with Gasteiger partial charge >= 0.3 is 5.97 Å². The van der Waals surface area contributed by atoms with Gasteiger partial charge in [0, 0.05) is 15.8 Å². The van der Waals surface area contributed by atoms with Crippen molar-refractivity contribution in [3.05, 3.63) is 75.4 Å². The summed E-state index contributed by atoms with van der Waals surface area (Å²) in [6.07, 6.45) is 1.68. The smallest absolute Gasteiger partial charge is 0.357 e. The topological polar surface area (TPSA) is 109 Å². The van der Waals surface area contributed by atoms with Crippen LogP contribution in [0.5, 0.6) is 0 Å². The van der Waals surface area contributed by atoms with E-state index < -0.39 is 5.97 Å². The Labute approximate surface area is 189 Å². The van der Waals surface area contributed by atoms with Gasteiger partial charge in [-0.1, -0.05) is 41.6 Å². The Bertz CT molecular complexity index is 1340. The highest BCUT2D eigenvalue weighted by Gasteiger charge is 2.22. The second-order valence-corrected chi connectivity index (χ2v) is 8.19. The van der Waals surface area contributed by atoms with Crippen LogP contribution in [0.3, 0.4) is 0 Å². The van der Waals surface area contributed by atoms with Gasteiger partial charge in [0.1, 0.15) is 0 Å². The fourth-order valence-corrected chi connectivity index (χ4v) is 4.13. The Hall–Kier alpha value is -3.96. The first kappa shape index (κ1) is 20.0. The molecule has 5 rings (SSSR count). The molecular formula is C21H14N6O3S2. The van der Waals surface area contributed by atoms with E-state index in [-0.39, 0.29) is 18.1 Å². The molecule has 0 radical (unpaired) electrons. The highest BCUT2D eigenvalue weighted by molar-refractivity contribution is 7.11. The number of hydrogen-bond acceptors (Lipinski definition) is 10. The Balaban J connectivity index is 1.41. The van der Waals surface area contributed by atoms with E-state index in [4.69, 9.17) is 9.26 Å². The molecule has 0 aliphatic carbocycles. The molecule has 9 nitrogen and oxygen atoms in total. The molecule has 0 atom stereocenters. The molecule has 0 bridgehead atoms. The Morgan fingerprint density at radius 2 is 2.00 bits per heavy atom. The van der Waals surface area contributed by atoms with Crippen LogP contribution in [0.25, 0.3) is 34.6 Å². The van der Waals surface area contributed by atoms with Gasteiger partial charge in [-0.05, 0) is 39.4 Å². The monoisotopic (exact) mass is 462 g/mol. The third-order valence-corrected chi connectivity index (χ3v) is 5.83. The fourth-order valence-electron chi connectivity index (χ4n) is 2.85. The van der Waals surface area contributed by atoms with Gasteiger partial charge in [0.2, 0.25) is 5.82 Å². The molecular weight excluding hydrogens is 448 g/mol. The van der Waals surface area contributed by atoms with Crippen LogP contribution in [0.4, 0.5) is 0 Å². The Kier molecular flexibility index (Phi) is 5.64. The van der Waals surface area contributed by atoms with E-state index in [0.29, 0.717) is 11.7 Å². The number of rotatable bonds is 7. The third-order valence-electron chi connectivity index (χ3n) is 4.33. The summed E-state index contributed by atoms with van der Waals surface area (Å²) in [7, 11) is 0. The van der Waals surface area contributed by atoms with Crippen LogP contribution >= 0.6 is 22.7 Å². The van der Waals surface area contributed by atoms with E-state index in [1.807, 2.05) is 64.7 Å². The number of tetrazole rings is 1. The second-order valence-electron chi connectivity index (χ2n) is 6.43. The van der Waals surface area contributed by atoms with Crippen molar-refractivity contribution in [1.82, 2.24) is 30.3 Å². The molecule has 1 aromatic carbocycles. The normalized spacial score (nSPS) is 11.6. The summed E-state index contributed by atoms with van der Waals surface area (Å²) < 4.78 is 12.1. The first-order chi connectivity index (χ1) is 15.8. The summed E-state index contributed by atoms with van der Waals surface area (Å²) in [5.74, 6) is 0.433. The van der Waals surface area contributed by atoms with Crippen molar-refractivity contribution in [3.63, 3.8) is 0 Å². The van der Waals surface area contributed by atoms with Gasteiger partial charge in [0.25, 0.3) is 5.89 Å². The van der Waals surface area contributed by atoms with Gasteiger partial charge in [-0.3, -0.25) is 0 Å². The quantitative estimate of drug-likeness (QED) is 0.261. The summed E-state index contributed by atoms with van der Waals surface area (Å²) in [6, 6.07) is 15.0. The SMILES string of the molecule is O=C(OCc1noc(-c2ccsc2)n1)/C(=C/c1cccs1)n1nnnc1-c1ccccc1. The minimum Gasteiger partial charge on any atom is -0.453 e. The molecule has 0 saturated carbocycles. The van der Waals surface area contributed by atoms with Crippen molar-refractivity contribution >= 4 is 40.4 Å². The standard InChI is InChI=1S/C21H14N6O3S2/c28-21(29-12-18-22-20(30-24-18)15-8-10-31-13-15)17(11-16-7-4-9-32-16)27-19(23-25-26-27)14-5-2-1-3-6-14/h1-11,13H,12H2/b17-11-. The van der Waals surface area contributed by atoms with Crippen molar-refractivity contribution in [3.8, 4) is 22.8 Å². The molecule has 11 heteroatoms. The lowest BCUT2D eigenvalue weighted by Gasteiger charge is -2.09. The van der Waals surface area contributed by atoms with Crippen LogP contribution in [0.1, 0.15) is 10.7 Å². The Morgan fingerprint density at radius 3 is 2.78 bits per heavy atom. The molecule has 0 unspecified atom stereocenters. The Morgan fingerprint density at radius 1 is 1.09 bits per heavy atom. The molecule has 4 heterocycles. The first-order valence-electron chi connectivity index (χ1n) is 9.39. The van der Waals surface area contributed by atoms with E-state index >= 15 is 0 Å². The number of carbonyl (C=O) groups is 1. The van der Waals surface area contributed by atoms with Gasteiger partial charge in [-0.2, -0.15) is 21.0 Å². The predicted octanol–water partition coefficient (Wildman–Crippen LogP) is 4.25. The zero-order chi connectivity index (χ0) is 21.8. The molecule has 0 saturated heterocycles. The van der Waals surface area contributed by atoms with E-state index in [0.717, 1.165) is 16.0 Å². The van der Waals surface area contributed by atoms with Gasteiger partial charge in [0.15, 0.2) is 18.1 Å². The molecule has 0 spiro atoms. The summed E-state index contributed by atoms with van der Waals surface area (Å²) in [4.78, 5) is 18.2. The van der Waals surface area contributed by atoms with Crippen molar-refractivity contribution in [2.24, 2.45) is 0 Å². The molecule has 0 N–H and O–H groups in total. The van der Waals surface area contributed by atoms with Gasteiger partial charge < -0.3 is 9.26 Å². The number of thiophene rings is 2. The largest absolute Gasteiger partial charge is 0.453 e. The molecule has 0 aliphatic rings. The van der Waals surface area contributed by atoms with Crippen LogP contribution in [-0.4, -0.2) is 36.3 Å². The number of carbonyl (C=O) groups excluding carboxylic acids is 1. The zero-order valence-corrected chi connectivity index (χ0v) is 18.0. The van der Waals surface area contributed by atoms with Crippen LogP contribution in [0, 0.1) is 0 Å². The average Bonchev–Trinajstić information content (AvgIpc) is 3.64. The molecule has 4 aromatic heterocycles. The van der Waals surface area contributed by atoms with Crippen LogP contribution in [-0.2, 0) is 16.1 Å². The van der Waals surface area contributed by atoms with Crippen molar-refractivity contribution in [2.75, 3.05) is 0 Å². The summed E-state index contributed by atoms with van der Waals surface area (Å²) in [6.45, 7) is -0.156. The van der Waals surface area contributed by atoms with E-state index in [1.165, 1.54) is 27.4 Å². The molecule has 32 heavy (non-hydrogen) atoms. The summed E-state index contributed by atoms with van der Waals surface area (Å²) in [5.41, 5.74) is 1.75. The van der Waals surface area contributed by atoms with Crippen LogP contribution < -0.4 is 0 Å². The predicted molar refractivity (Wildman–Crippen MR) is 119 cm³/mol. The molecule has 0 amide bonds. The van der Waals surface area contributed by atoms with Crippen molar-refractivity contribution < 1.29 is 14.1 Å². The lowest BCUT2D eigenvalue weighted by molar-refractivity contribution is -0.138. The fraction of sp³-hybridized carbons (Fsp3) is 0.0476. The van der Waals surface area contributed by atoms with Gasteiger partial charge in [-0.25, -0.2) is 4.79 Å². The summed E-state index contributed by atoms with van der Waals surface area (Å²) in [5, 5.41) is 21.5. The van der Waals surface area contributed by atoms with Crippen LogP contribution in [0.15, 0.2) is 69.2 Å². The van der Waals surface area contributed by atoms with Crippen molar-refractivity contribution in [1.29, 1.82) is 0 Å². The van der Waals surface area contributed by atoms with E-state index in [1.54, 1.807) is 6.08 Å². The molecule has 0 aliphatic heterocycles. The average molecular weight is 463 g/mol. The number of ether oxygens (including phenoxy) is 1. The highest BCUT2D eigenvalue weighted by Crippen LogP contribution is 2.23. The second kappa shape index (κ2) is 9.04. The highest BCUT2D eigenvalue weighted by atomic mass is 32.1. The number of esters is 1. The number of aromatic nitrogens is 6. The third kappa shape index (κ3) is 4.24. The zero-order valence-electron chi connectivity index (χ0n) is 16.4. The lowest BCUT2D eigenvalue weighted by atomic mass is 10.2. The van der Waals surface area contributed by atoms with Crippen LogP contribution in [0.2, 0.25) is 0 Å². The van der Waals surface area contributed by atoms with Gasteiger partial charge in [-0.15, -0.1) is 16.4 Å². The van der Waals surface area contributed by atoms with Gasteiger partial charge in [0.05, 0.1) is 5.56 Å². The maximum Gasteiger partial charge on any atom is 0.357 e. The number of nitrogens with zero attached hydrogens (tertiary/aromatic N) is 6. The number of benzene rings is 1. The maximum atomic E-state index is 13.1. The molecule has 158 valence electrons. The van der Waals surface area contributed by atoms with Crippen molar-refractivity contribution in [2.45, 2.75) is 6.61 Å². The lowest BCUT2D eigenvalue weighted by Crippen LogP contribution is -2.15. The summed E-state index contributed by atoms with van der Waals surface area (Å²) >= 11 is 3.00. The molecule has 0 fully saturated rings. The van der Waals surface area contributed by atoms with E-state index in [9.17, 15) is 4.79 Å². The minimum atomic E-state index is -0.621. The molecule has 5 aromatic rings. The van der Waals surface area contributed by atoms with E-state index in [2.05, 4.69) is 25.7 Å². The maximum absolute atomic E-state index is 13.1. The first-order valence-corrected chi connectivity index (χ1v) is 11.2.